The molecule has 0 saturated carbocycles. The van der Waals surface area contributed by atoms with Crippen molar-refractivity contribution in [3.8, 4) is 23.0 Å². The molecule has 2 aromatic carbocycles. The molecule has 0 aliphatic carbocycles. The molecule has 0 bridgehead atoms. The van der Waals surface area contributed by atoms with Gasteiger partial charge in [-0.15, -0.1) is 0 Å². The number of phenols is 1. The summed E-state index contributed by atoms with van der Waals surface area (Å²) in [7, 11) is 4.40. The minimum absolute atomic E-state index is 0.142. The van der Waals surface area contributed by atoms with Crippen LogP contribution in [-0.4, -0.2) is 36.6 Å². The molecule has 0 aliphatic heterocycles. The Bertz CT molecular complexity index is 718. The average molecular weight is 399 g/mol. The lowest BCUT2D eigenvalue weighted by atomic mass is 9.97. The van der Waals surface area contributed by atoms with E-state index in [1.54, 1.807) is 24.3 Å². The number of hydrogen-bond donors (Lipinski definition) is 3. The molecule has 3 N–H and O–H groups in total. The first-order valence-corrected chi connectivity index (χ1v) is 7.86. The van der Waals surface area contributed by atoms with Gasteiger partial charge in [-0.3, -0.25) is 0 Å². The molecule has 0 aliphatic rings. The molecule has 130 valence electrons. The number of rotatable bonds is 6. The van der Waals surface area contributed by atoms with Crippen LogP contribution in [0.3, 0.4) is 0 Å². The van der Waals surface area contributed by atoms with Crippen molar-refractivity contribution in [3.63, 3.8) is 0 Å². The van der Waals surface area contributed by atoms with E-state index in [0.29, 0.717) is 21.5 Å². The van der Waals surface area contributed by atoms with Crippen LogP contribution in [0.25, 0.3) is 0 Å². The SMILES string of the molecule is COc1ccc(C(O)C(O)c2cc(Br)cc(OC)c2O)cc1OC. The molecule has 0 radical (unpaired) electrons. The summed E-state index contributed by atoms with van der Waals surface area (Å²) in [5.41, 5.74) is 0.557. The maximum absolute atomic E-state index is 10.5. The first kappa shape index (κ1) is 18.4. The second-order valence-corrected chi connectivity index (χ2v) is 5.97. The van der Waals surface area contributed by atoms with Gasteiger partial charge in [0.2, 0.25) is 0 Å². The van der Waals surface area contributed by atoms with Crippen LogP contribution >= 0.6 is 15.9 Å². The van der Waals surface area contributed by atoms with Crippen LogP contribution in [-0.2, 0) is 0 Å². The zero-order chi connectivity index (χ0) is 17.9. The summed E-state index contributed by atoms with van der Waals surface area (Å²) in [6.07, 6.45) is -2.65. The van der Waals surface area contributed by atoms with E-state index in [9.17, 15) is 15.3 Å². The molecule has 0 heterocycles. The largest absolute Gasteiger partial charge is 0.504 e. The quantitative estimate of drug-likeness (QED) is 0.693. The van der Waals surface area contributed by atoms with Gasteiger partial charge in [-0.1, -0.05) is 22.0 Å². The van der Waals surface area contributed by atoms with Crippen molar-refractivity contribution in [2.75, 3.05) is 21.3 Å². The number of phenolic OH excluding ortho intramolecular Hbond substituents is 1. The van der Waals surface area contributed by atoms with E-state index in [4.69, 9.17) is 14.2 Å². The van der Waals surface area contributed by atoms with Crippen molar-refractivity contribution in [1.29, 1.82) is 0 Å². The Kier molecular flexibility index (Phi) is 5.93. The van der Waals surface area contributed by atoms with Crippen LogP contribution in [0.15, 0.2) is 34.8 Å². The molecule has 0 spiro atoms. The smallest absolute Gasteiger partial charge is 0.163 e. The van der Waals surface area contributed by atoms with Gasteiger partial charge in [0.1, 0.15) is 12.2 Å². The van der Waals surface area contributed by atoms with Crippen molar-refractivity contribution in [1.82, 2.24) is 0 Å². The van der Waals surface area contributed by atoms with E-state index < -0.39 is 12.2 Å². The molecule has 6 nitrogen and oxygen atoms in total. The van der Waals surface area contributed by atoms with E-state index in [1.807, 2.05) is 0 Å². The van der Waals surface area contributed by atoms with Gasteiger partial charge in [0.15, 0.2) is 23.0 Å². The van der Waals surface area contributed by atoms with Crippen molar-refractivity contribution < 1.29 is 29.5 Å². The topological polar surface area (TPSA) is 88.4 Å². The van der Waals surface area contributed by atoms with Gasteiger partial charge in [0.05, 0.1) is 21.3 Å². The Morgan fingerprint density at radius 3 is 2.04 bits per heavy atom. The van der Waals surface area contributed by atoms with Gasteiger partial charge in [0.25, 0.3) is 0 Å². The number of hydrogen-bond acceptors (Lipinski definition) is 6. The van der Waals surface area contributed by atoms with Crippen molar-refractivity contribution in [2.24, 2.45) is 0 Å². The van der Waals surface area contributed by atoms with E-state index in [0.717, 1.165) is 0 Å². The van der Waals surface area contributed by atoms with Crippen molar-refractivity contribution in [2.45, 2.75) is 12.2 Å². The molecule has 0 fully saturated rings. The van der Waals surface area contributed by atoms with Crippen LogP contribution in [0.5, 0.6) is 23.0 Å². The van der Waals surface area contributed by atoms with Crippen LogP contribution < -0.4 is 14.2 Å². The van der Waals surface area contributed by atoms with Gasteiger partial charge in [0, 0.05) is 10.0 Å². The number of methoxy groups -OCH3 is 3. The third kappa shape index (κ3) is 3.58. The standard InChI is InChI=1S/C17H19BrO6/c1-22-12-5-4-9(6-13(12)23-2)15(19)17(21)11-7-10(18)8-14(24-3)16(11)20/h4-8,15,17,19-21H,1-3H3. The molecule has 2 atom stereocenters. The number of aliphatic hydroxyl groups is 2. The lowest BCUT2D eigenvalue weighted by Crippen LogP contribution is -2.11. The van der Waals surface area contributed by atoms with E-state index in [1.165, 1.54) is 27.4 Å². The predicted octanol–water partition coefficient (Wildman–Crippen LogP) is 2.95. The van der Waals surface area contributed by atoms with Crippen molar-refractivity contribution >= 4 is 15.9 Å². The highest BCUT2D eigenvalue weighted by Crippen LogP contribution is 2.42. The summed E-state index contributed by atoms with van der Waals surface area (Å²) >= 11 is 3.28. The molecule has 7 heteroatoms. The first-order valence-electron chi connectivity index (χ1n) is 7.07. The molecular formula is C17H19BrO6. The number of aliphatic hydroxyl groups excluding tert-OH is 2. The van der Waals surface area contributed by atoms with Gasteiger partial charge >= 0.3 is 0 Å². The fraction of sp³-hybridized carbons (Fsp3) is 0.294. The summed E-state index contributed by atoms with van der Waals surface area (Å²) < 4.78 is 16.0. The summed E-state index contributed by atoms with van der Waals surface area (Å²) in [6, 6.07) is 7.90. The fourth-order valence-electron chi connectivity index (χ4n) is 2.36. The highest BCUT2D eigenvalue weighted by molar-refractivity contribution is 9.10. The van der Waals surface area contributed by atoms with Gasteiger partial charge in [-0.05, 0) is 29.8 Å². The van der Waals surface area contributed by atoms with E-state index in [-0.39, 0.29) is 17.1 Å². The average Bonchev–Trinajstić information content (AvgIpc) is 2.61. The molecule has 2 rings (SSSR count). The Balaban J connectivity index is 2.40. The summed E-state index contributed by atoms with van der Waals surface area (Å²) in [5, 5.41) is 31.2. The van der Waals surface area contributed by atoms with Crippen LogP contribution in [0, 0.1) is 0 Å². The third-order valence-electron chi connectivity index (χ3n) is 3.66. The second-order valence-electron chi connectivity index (χ2n) is 5.05. The number of aromatic hydroxyl groups is 1. The Morgan fingerprint density at radius 1 is 0.833 bits per heavy atom. The fourth-order valence-corrected chi connectivity index (χ4v) is 2.82. The monoisotopic (exact) mass is 398 g/mol. The molecule has 2 unspecified atom stereocenters. The predicted molar refractivity (Wildman–Crippen MR) is 91.8 cm³/mol. The minimum Gasteiger partial charge on any atom is -0.504 e. The first-order chi connectivity index (χ1) is 11.4. The van der Waals surface area contributed by atoms with Crippen LogP contribution in [0.2, 0.25) is 0 Å². The lowest BCUT2D eigenvalue weighted by molar-refractivity contribution is 0.0155. The molecule has 24 heavy (non-hydrogen) atoms. The van der Waals surface area contributed by atoms with E-state index in [2.05, 4.69) is 15.9 Å². The Morgan fingerprint density at radius 2 is 1.46 bits per heavy atom. The molecular weight excluding hydrogens is 380 g/mol. The molecule has 0 aromatic heterocycles. The summed E-state index contributed by atoms with van der Waals surface area (Å²) in [6.45, 7) is 0. The molecule has 2 aromatic rings. The van der Waals surface area contributed by atoms with Crippen LogP contribution in [0.1, 0.15) is 23.3 Å². The minimum atomic E-state index is -1.37. The summed E-state index contributed by atoms with van der Waals surface area (Å²) in [5.74, 6) is 0.901. The zero-order valence-corrected chi connectivity index (χ0v) is 15.1. The number of benzene rings is 2. The Hall–Kier alpha value is -1.96. The number of ether oxygens (including phenoxy) is 3. The van der Waals surface area contributed by atoms with Gasteiger partial charge in [-0.2, -0.15) is 0 Å². The van der Waals surface area contributed by atoms with Crippen LogP contribution in [0.4, 0.5) is 0 Å². The zero-order valence-electron chi connectivity index (χ0n) is 13.5. The van der Waals surface area contributed by atoms with Gasteiger partial charge in [-0.25, -0.2) is 0 Å². The molecule has 0 saturated heterocycles. The second kappa shape index (κ2) is 7.74. The number of halogens is 1. The van der Waals surface area contributed by atoms with Crippen molar-refractivity contribution in [3.05, 3.63) is 45.9 Å². The molecule has 0 amide bonds. The van der Waals surface area contributed by atoms with Gasteiger partial charge < -0.3 is 29.5 Å². The van der Waals surface area contributed by atoms with E-state index >= 15 is 0 Å². The Labute approximate surface area is 148 Å². The highest BCUT2D eigenvalue weighted by atomic mass is 79.9. The maximum atomic E-state index is 10.5. The normalized spacial score (nSPS) is 13.2. The summed E-state index contributed by atoms with van der Waals surface area (Å²) in [4.78, 5) is 0. The third-order valence-corrected chi connectivity index (χ3v) is 4.11. The highest BCUT2D eigenvalue weighted by Gasteiger charge is 2.26. The lowest BCUT2D eigenvalue weighted by Gasteiger charge is -2.21. The maximum Gasteiger partial charge on any atom is 0.163 e.